The number of rotatable bonds is 57. The van der Waals surface area contributed by atoms with Crippen LogP contribution in [0.25, 0.3) is 0 Å². The van der Waals surface area contributed by atoms with Gasteiger partial charge in [0.05, 0.1) is 26.4 Å². The maximum atomic E-state index is 12.9. The normalized spacial score (nSPS) is 14.5. The highest BCUT2D eigenvalue weighted by Crippen LogP contribution is 2.45. The molecule has 0 fully saturated rings. The zero-order valence-corrected chi connectivity index (χ0v) is 51.0. The molecule has 77 heavy (non-hydrogen) atoms. The Morgan fingerprint density at radius 2 is 0.597 bits per heavy atom. The Bertz CT molecular complexity index is 1530. The Morgan fingerprint density at radius 3 is 0.883 bits per heavy atom. The van der Waals surface area contributed by atoms with Gasteiger partial charge in [0.25, 0.3) is 0 Å². The number of ether oxygens (including phenoxy) is 4. The molecule has 5 atom stereocenters. The number of phosphoric ester groups is 2. The Morgan fingerprint density at radius 1 is 0.351 bits per heavy atom. The highest BCUT2D eigenvalue weighted by molar-refractivity contribution is 7.47. The standard InChI is InChI=1S/C58H112O17P2/c1-7-9-11-13-14-15-16-24-30-36-42-57(62)74-53(46-68-55(60)40-34-26-12-10-8-2)48-72-76(64,65)70-44-52(59)45-71-77(66,67)73-49-54(75-58(63)43-37-31-25-20-18-22-28-33-39-51(5)6)47-69-56(61)41-35-29-23-19-17-21-27-32-38-50(3)4/h50-54,59H,7-49H2,1-6H3,(H,64,65)(H,66,67)/t52-,53+,54+/m0/s1. The molecule has 0 aromatic rings. The van der Waals surface area contributed by atoms with Crippen molar-refractivity contribution in [3.05, 3.63) is 0 Å². The maximum Gasteiger partial charge on any atom is 0.472 e. The lowest BCUT2D eigenvalue weighted by molar-refractivity contribution is -0.161. The highest BCUT2D eigenvalue weighted by atomic mass is 31.2. The van der Waals surface area contributed by atoms with Crippen molar-refractivity contribution in [2.75, 3.05) is 39.6 Å². The molecule has 17 nitrogen and oxygen atoms in total. The summed E-state index contributed by atoms with van der Waals surface area (Å²) in [7, 11) is -9.87. The van der Waals surface area contributed by atoms with Crippen molar-refractivity contribution >= 4 is 39.5 Å². The van der Waals surface area contributed by atoms with Crippen molar-refractivity contribution in [1.82, 2.24) is 0 Å². The molecule has 0 aromatic heterocycles. The molecule has 0 saturated heterocycles. The van der Waals surface area contributed by atoms with Gasteiger partial charge in [-0.05, 0) is 37.5 Å². The van der Waals surface area contributed by atoms with Gasteiger partial charge in [-0.3, -0.25) is 37.3 Å². The molecule has 0 rings (SSSR count). The molecule has 0 saturated carbocycles. The number of aliphatic hydroxyl groups excluding tert-OH is 1. The molecule has 0 amide bonds. The van der Waals surface area contributed by atoms with Crippen molar-refractivity contribution in [2.24, 2.45) is 11.8 Å². The molecule has 0 radical (unpaired) electrons. The van der Waals surface area contributed by atoms with Crippen molar-refractivity contribution < 1.29 is 80.2 Å². The van der Waals surface area contributed by atoms with E-state index in [-0.39, 0.29) is 25.7 Å². The first-order chi connectivity index (χ1) is 36.9. The predicted octanol–water partition coefficient (Wildman–Crippen LogP) is 15.3. The predicted molar refractivity (Wildman–Crippen MR) is 303 cm³/mol. The van der Waals surface area contributed by atoms with E-state index in [1.165, 1.54) is 89.9 Å². The largest absolute Gasteiger partial charge is 0.472 e. The fourth-order valence-corrected chi connectivity index (χ4v) is 10.0. The Kier molecular flexibility index (Phi) is 49.7. The van der Waals surface area contributed by atoms with Gasteiger partial charge >= 0.3 is 39.5 Å². The molecule has 456 valence electrons. The van der Waals surface area contributed by atoms with Crippen LogP contribution in [-0.2, 0) is 65.4 Å². The van der Waals surface area contributed by atoms with Gasteiger partial charge < -0.3 is 33.8 Å². The smallest absolute Gasteiger partial charge is 0.462 e. The molecule has 0 bridgehead atoms. The van der Waals surface area contributed by atoms with E-state index in [1.807, 2.05) is 0 Å². The highest BCUT2D eigenvalue weighted by Gasteiger charge is 2.30. The van der Waals surface area contributed by atoms with E-state index in [0.717, 1.165) is 108 Å². The van der Waals surface area contributed by atoms with Gasteiger partial charge in [0.15, 0.2) is 12.2 Å². The summed E-state index contributed by atoms with van der Waals surface area (Å²) in [5.41, 5.74) is 0. The minimum absolute atomic E-state index is 0.104. The molecule has 0 heterocycles. The first kappa shape index (κ1) is 75.1. The Labute approximate surface area is 467 Å². The molecule has 0 spiro atoms. The number of unbranched alkanes of at least 4 members (excludes halogenated alkanes) is 27. The maximum absolute atomic E-state index is 12.9. The number of hydrogen-bond donors (Lipinski definition) is 3. The first-order valence-electron chi connectivity index (χ1n) is 30.5. The third kappa shape index (κ3) is 53.2. The van der Waals surface area contributed by atoms with E-state index < -0.39 is 97.5 Å². The van der Waals surface area contributed by atoms with Crippen LogP contribution in [0.15, 0.2) is 0 Å². The van der Waals surface area contributed by atoms with E-state index in [2.05, 4.69) is 41.5 Å². The topological polar surface area (TPSA) is 237 Å². The summed E-state index contributed by atoms with van der Waals surface area (Å²) >= 11 is 0. The number of carbonyl (C=O) groups excluding carboxylic acids is 4. The number of esters is 4. The number of phosphoric acid groups is 2. The minimum Gasteiger partial charge on any atom is -0.462 e. The molecule has 0 aromatic carbocycles. The van der Waals surface area contributed by atoms with Gasteiger partial charge in [0.1, 0.15) is 19.3 Å². The first-order valence-corrected chi connectivity index (χ1v) is 33.5. The van der Waals surface area contributed by atoms with Crippen LogP contribution < -0.4 is 0 Å². The molecule has 2 unspecified atom stereocenters. The van der Waals surface area contributed by atoms with Crippen molar-refractivity contribution in [3.63, 3.8) is 0 Å². The lowest BCUT2D eigenvalue weighted by Gasteiger charge is -2.21. The van der Waals surface area contributed by atoms with Gasteiger partial charge in [-0.2, -0.15) is 0 Å². The number of carbonyl (C=O) groups is 4. The van der Waals surface area contributed by atoms with Crippen LogP contribution in [0.1, 0.15) is 279 Å². The summed E-state index contributed by atoms with van der Waals surface area (Å²) in [6.45, 7) is 9.27. The molecule has 0 aliphatic rings. The summed E-state index contributed by atoms with van der Waals surface area (Å²) in [6, 6.07) is 0. The summed E-state index contributed by atoms with van der Waals surface area (Å²) < 4.78 is 67.5. The monoisotopic (exact) mass is 1140 g/mol. The summed E-state index contributed by atoms with van der Waals surface area (Å²) in [6.07, 6.45) is 31.1. The molecule has 3 N–H and O–H groups in total. The Hall–Kier alpha value is -1.94. The zero-order chi connectivity index (χ0) is 57.3. The van der Waals surface area contributed by atoms with Crippen molar-refractivity contribution in [2.45, 2.75) is 297 Å². The van der Waals surface area contributed by atoms with E-state index in [1.54, 1.807) is 0 Å². The second kappa shape index (κ2) is 51.0. The van der Waals surface area contributed by atoms with E-state index in [4.69, 9.17) is 37.0 Å². The van der Waals surface area contributed by atoms with Crippen LogP contribution in [0.3, 0.4) is 0 Å². The Balaban J connectivity index is 5.19. The third-order valence-electron chi connectivity index (χ3n) is 13.2. The van der Waals surface area contributed by atoms with E-state index >= 15 is 0 Å². The average Bonchev–Trinajstić information content (AvgIpc) is 3.38. The van der Waals surface area contributed by atoms with Crippen LogP contribution in [0, 0.1) is 11.8 Å². The molecular weight excluding hydrogens is 1030 g/mol. The van der Waals surface area contributed by atoms with Gasteiger partial charge in [-0.15, -0.1) is 0 Å². The fourth-order valence-electron chi connectivity index (χ4n) is 8.47. The molecular formula is C58H112O17P2. The molecule has 0 aliphatic carbocycles. The minimum atomic E-state index is -4.94. The summed E-state index contributed by atoms with van der Waals surface area (Å²) in [4.78, 5) is 71.6. The number of aliphatic hydroxyl groups is 1. The lowest BCUT2D eigenvalue weighted by atomic mass is 10.0. The van der Waals surface area contributed by atoms with Gasteiger partial charge in [0.2, 0.25) is 0 Å². The van der Waals surface area contributed by atoms with Crippen LogP contribution in [-0.4, -0.2) is 96.7 Å². The van der Waals surface area contributed by atoms with Gasteiger partial charge in [-0.1, -0.05) is 228 Å². The van der Waals surface area contributed by atoms with Crippen LogP contribution in [0.5, 0.6) is 0 Å². The second-order valence-electron chi connectivity index (χ2n) is 22.0. The second-order valence-corrected chi connectivity index (χ2v) is 24.9. The van der Waals surface area contributed by atoms with E-state index in [0.29, 0.717) is 25.7 Å². The third-order valence-corrected chi connectivity index (χ3v) is 15.1. The van der Waals surface area contributed by atoms with Crippen LogP contribution in [0.4, 0.5) is 0 Å². The summed E-state index contributed by atoms with van der Waals surface area (Å²) in [5, 5.41) is 10.5. The SMILES string of the molecule is CCCCCCCCCCCCC(=O)O[C@H](COC(=O)CCCCCCC)COP(=O)(O)OC[C@H](O)COP(=O)(O)OC[C@@H](COC(=O)CCCCCCCCCCC(C)C)OC(=O)CCCCCCCCCCC(C)C. The van der Waals surface area contributed by atoms with E-state index in [9.17, 15) is 43.2 Å². The van der Waals surface area contributed by atoms with Crippen molar-refractivity contribution in [1.29, 1.82) is 0 Å². The lowest BCUT2D eigenvalue weighted by Crippen LogP contribution is -2.30. The summed E-state index contributed by atoms with van der Waals surface area (Å²) in [5.74, 6) is -0.711. The molecule has 19 heteroatoms. The quantitative estimate of drug-likeness (QED) is 0.0222. The van der Waals surface area contributed by atoms with Gasteiger partial charge in [0, 0.05) is 25.7 Å². The molecule has 0 aliphatic heterocycles. The van der Waals surface area contributed by atoms with Gasteiger partial charge in [-0.25, -0.2) is 9.13 Å². The van der Waals surface area contributed by atoms with Crippen LogP contribution in [0.2, 0.25) is 0 Å². The zero-order valence-electron chi connectivity index (χ0n) is 49.2. The van der Waals surface area contributed by atoms with Crippen LogP contribution >= 0.6 is 15.6 Å². The van der Waals surface area contributed by atoms with Crippen molar-refractivity contribution in [3.8, 4) is 0 Å². The fraction of sp³-hybridized carbons (Fsp3) is 0.931. The number of hydrogen-bond acceptors (Lipinski definition) is 15. The average molecular weight is 1140 g/mol.